The molecule has 146 valence electrons. The highest BCUT2D eigenvalue weighted by molar-refractivity contribution is 6.30. The number of carboxylic acids is 1. The quantitative estimate of drug-likeness (QED) is 0.470. The number of benzene rings is 3. The molecular formula is C23H19ClN2O3. The Morgan fingerprint density at radius 1 is 1.10 bits per heavy atom. The number of ether oxygens (including phenoxy) is 1. The van der Waals surface area contributed by atoms with Gasteiger partial charge in [0.2, 0.25) is 0 Å². The minimum absolute atomic E-state index is 0.126. The fraction of sp³-hybridized carbons (Fsp3) is 0.130. The number of aromatic carboxylic acids is 1. The van der Waals surface area contributed by atoms with Crippen LogP contribution in [0.1, 0.15) is 27.3 Å². The Hall–Kier alpha value is -3.31. The average molecular weight is 407 g/mol. The second-order valence-corrected chi connectivity index (χ2v) is 7.26. The number of carboxylic acid groups (broad SMARTS) is 1. The molecule has 0 aliphatic heterocycles. The van der Waals surface area contributed by atoms with E-state index in [4.69, 9.17) is 21.3 Å². The molecule has 5 nitrogen and oxygen atoms in total. The lowest BCUT2D eigenvalue weighted by Gasteiger charge is -2.12. The number of imidazole rings is 1. The van der Waals surface area contributed by atoms with Gasteiger partial charge in [-0.1, -0.05) is 41.9 Å². The SMILES string of the molecule is Cc1ccc2c(c1)nc(COc1ccccc1C(=O)O)n2Cc1cccc(Cl)c1. The first kappa shape index (κ1) is 19.0. The van der Waals surface area contributed by atoms with E-state index >= 15 is 0 Å². The number of hydrogen-bond acceptors (Lipinski definition) is 3. The van der Waals surface area contributed by atoms with Gasteiger partial charge in [0.25, 0.3) is 0 Å². The zero-order valence-electron chi connectivity index (χ0n) is 15.8. The van der Waals surface area contributed by atoms with Crippen molar-refractivity contribution in [3.05, 3.63) is 94.3 Å². The predicted octanol–water partition coefficient (Wildman–Crippen LogP) is 5.32. The van der Waals surface area contributed by atoms with Crippen LogP contribution in [0.3, 0.4) is 0 Å². The highest BCUT2D eigenvalue weighted by Crippen LogP contribution is 2.23. The molecule has 1 aromatic heterocycles. The monoisotopic (exact) mass is 406 g/mol. The topological polar surface area (TPSA) is 64.3 Å². The van der Waals surface area contributed by atoms with Crippen molar-refractivity contribution in [1.29, 1.82) is 0 Å². The number of aromatic nitrogens is 2. The molecule has 0 bridgehead atoms. The van der Waals surface area contributed by atoms with Crippen LogP contribution in [0, 0.1) is 6.92 Å². The van der Waals surface area contributed by atoms with Gasteiger partial charge < -0.3 is 14.4 Å². The molecule has 0 saturated carbocycles. The Balaban J connectivity index is 1.71. The molecule has 4 rings (SSSR count). The van der Waals surface area contributed by atoms with E-state index in [-0.39, 0.29) is 12.2 Å². The third-order valence-electron chi connectivity index (χ3n) is 4.69. The Kier molecular flexibility index (Phi) is 5.23. The van der Waals surface area contributed by atoms with Gasteiger partial charge in [-0.2, -0.15) is 0 Å². The number of halogens is 1. The van der Waals surface area contributed by atoms with Crippen LogP contribution in [-0.2, 0) is 13.2 Å². The Labute approximate surface area is 173 Å². The number of fused-ring (bicyclic) bond motifs is 1. The third-order valence-corrected chi connectivity index (χ3v) is 4.92. The van der Waals surface area contributed by atoms with Crippen molar-refractivity contribution in [1.82, 2.24) is 9.55 Å². The average Bonchev–Trinajstić information content (AvgIpc) is 3.03. The van der Waals surface area contributed by atoms with Crippen molar-refractivity contribution in [2.75, 3.05) is 0 Å². The van der Waals surface area contributed by atoms with E-state index in [1.165, 1.54) is 6.07 Å². The van der Waals surface area contributed by atoms with Crippen LogP contribution in [-0.4, -0.2) is 20.6 Å². The molecule has 0 amide bonds. The van der Waals surface area contributed by atoms with Crippen LogP contribution in [0.25, 0.3) is 11.0 Å². The van der Waals surface area contributed by atoms with Crippen molar-refractivity contribution >= 4 is 28.6 Å². The molecule has 29 heavy (non-hydrogen) atoms. The number of carbonyl (C=O) groups is 1. The van der Waals surface area contributed by atoms with Gasteiger partial charge in [0.15, 0.2) is 0 Å². The summed E-state index contributed by atoms with van der Waals surface area (Å²) < 4.78 is 7.93. The molecule has 0 unspecified atom stereocenters. The number of para-hydroxylation sites is 1. The van der Waals surface area contributed by atoms with E-state index in [2.05, 4.69) is 4.57 Å². The van der Waals surface area contributed by atoms with E-state index in [1.807, 2.05) is 49.4 Å². The van der Waals surface area contributed by atoms with Gasteiger partial charge in [-0.3, -0.25) is 0 Å². The molecule has 0 radical (unpaired) electrons. The highest BCUT2D eigenvalue weighted by Gasteiger charge is 2.15. The Morgan fingerprint density at radius 3 is 2.72 bits per heavy atom. The summed E-state index contributed by atoms with van der Waals surface area (Å²) in [6, 6.07) is 20.4. The normalized spacial score (nSPS) is 11.0. The lowest BCUT2D eigenvalue weighted by Crippen LogP contribution is -2.10. The van der Waals surface area contributed by atoms with Gasteiger partial charge in [-0.05, 0) is 54.4 Å². The summed E-state index contributed by atoms with van der Waals surface area (Å²) in [5, 5.41) is 10.0. The third kappa shape index (κ3) is 4.10. The van der Waals surface area contributed by atoms with Crippen LogP contribution in [0.5, 0.6) is 5.75 Å². The molecule has 0 saturated heterocycles. The first-order valence-corrected chi connectivity index (χ1v) is 9.54. The van der Waals surface area contributed by atoms with Gasteiger partial charge in [0, 0.05) is 11.6 Å². The fourth-order valence-electron chi connectivity index (χ4n) is 3.31. The van der Waals surface area contributed by atoms with E-state index in [9.17, 15) is 9.90 Å². The van der Waals surface area contributed by atoms with E-state index < -0.39 is 5.97 Å². The summed E-state index contributed by atoms with van der Waals surface area (Å²) in [5.74, 6) is 0.00645. The van der Waals surface area contributed by atoms with E-state index in [1.54, 1.807) is 18.2 Å². The smallest absolute Gasteiger partial charge is 0.339 e. The maximum Gasteiger partial charge on any atom is 0.339 e. The number of rotatable bonds is 6. The van der Waals surface area contributed by atoms with Gasteiger partial charge in [-0.15, -0.1) is 0 Å². The lowest BCUT2D eigenvalue weighted by molar-refractivity contribution is 0.0691. The lowest BCUT2D eigenvalue weighted by atomic mass is 10.2. The van der Waals surface area contributed by atoms with Crippen molar-refractivity contribution in [2.24, 2.45) is 0 Å². The second kappa shape index (κ2) is 7.97. The Morgan fingerprint density at radius 2 is 1.93 bits per heavy atom. The Bertz CT molecular complexity index is 1200. The molecule has 0 aliphatic carbocycles. The van der Waals surface area contributed by atoms with E-state index in [0.29, 0.717) is 23.1 Å². The largest absolute Gasteiger partial charge is 0.485 e. The minimum atomic E-state index is -1.02. The van der Waals surface area contributed by atoms with Crippen molar-refractivity contribution in [3.8, 4) is 5.75 Å². The van der Waals surface area contributed by atoms with Crippen LogP contribution in [0.15, 0.2) is 66.7 Å². The van der Waals surface area contributed by atoms with E-state index in [0.717, 1.165) is 22.2 Å². The first-order chi connectivity index (χ1) is 14.0. The summed E-state index contributed by atoms with van der Waals surface area (Å²) in [6.45, 7) is 2.76. The number of hydrogen-bond donors (Lipinski definition) is 1. The molecule has 6 heteroatoms. The molecule has 1 N–H and O–H groups in total. The molecule has 4 aromatic rings. The van der Waals surface area contributed by atoms with Crippen molar-refractivity contribution < 1.29 is 14.6 Å². The molecule has 0 aliphatic rings. The number of nitrogens with zero attached hydrogens (tertiary/aromatic N) is 2. The standard InChI is InChI=1S/C23H19ClN2O3/c1-15-9-10-20-19(11-15)25-22(26(20)13-16-5-4-6-17(24)12-16)14-29-21-8-3-2-7-18(21)23(27)28/h2-12H,13-14H2,1H3,(H,27,28). The molecule has 0 spiro atoms. The van der Waals surface area contributed by atoms with Gasteiger partial charge in [-0.25, -0.2) is 9.78 Å². The summed E-state index contributed by atoms with van der Waals surface area (Å²) in [4.78, 5) is 16.2. The first-order valence-electron chi connectivity index (χ1n) is 9.16. The summed E-state index contributed by atoms with van der Waals surface area (Å²) >= 11 is 6.15. The molecule has 0 atom stereocenters. The molecule has 1 heterocycles. The summed E-state index contributed by atoms with van der Waals surface area (Å²) in [5.41, 5.74) is 4.15. The predicted molar refractivity (Wildman–Crippen MR) is 113 cm³/mol. The van der Waals surface area contributed by atoms with Gasteiger partial charge in [0.05, 0.1) is 11.0 Å². The minimum Gasteiger partial charge on any atom is -0.485 e. The second-order valence-electron chi connectivity index (χ2n) is 6.83. The summed E-state index contributed by atoms with van der Waals surface area (Å²) in [7, 11) is 0. The maximum absolute atomic E-state index is 11.4. The molecular weight excluding hydrogens is 388 g/mol. The molecule has 3 aromatic carbocycles. The fourth-order valence-corrected chi connectivity index (χ4v) is 3.52. The van der Waals surface area contributed by atoms with Crippen LogP contribution < -0.4 is 4.74 Å². The zero-order valence-corrected chi connectivity index (χ0v) is 16.6. The van der Waals surface area contributed by atoms with Crippen molar-refractivity contribution in [2.45, 2.75) is 20.1 Å². The van der Waals surface area contributed by atoms with Gasteiger partial charge >= 0.3 is 5.97 Å². The van der Waals surface area contributed by atoms with Crippen LogP contribution >= 0.6 is 11.6 Å². The maximum atomic E-state index is 11.4. The highest BCUT2D eigenvalue weighted by atomic mass is 35.5. The van der Waals surface area contributed by atoms with Crippen LogP contribution in [0.2, 0.25) is 5.02 Å². The molecule has 0 fully saturated rings. The van der Waals surface area contributed by atoms with Gasteiger partial charge in [0.1, 0.15) is 23.7 Å². The zero-order chi connectivity index (χ0) is 20.4. The van der Waals surface area contributed by atoms with Crippen LogP contribution in [0.4, 0.5) is 0 Å². The van der Waals surface area contributed by atoms with Crippen molar-refractivity contribution in [3.63, 3.8) is 0 Å². The summed E-state index contributed by atoms with van der Waals surface area (Å²) in [6.07, 6.45) is 0. The number of aryl methyl sites for hydroxylation is 1.